The molecule has 0 aromatic heterocycles. The van der Waals surface area contributed by atoms with Crippen molar-refractivity contribution in [1.29, 1.82) is 0 Å². The zero-order chi connectivity index (χ0) is 41.9. The maximum absolute atomic E-state index is 12.4. The van der Waals surface area contributed by atoms with Gasteiger partial charge in [0.25, 0.3) is 0 Å². The highest BCUT2D eigenvalue weighted by molar-refractivity contribution is 7.46. The molecule has 0 heterocycles. The van der Waals surface area contributed by atoms with E-state index in [1.54, 1.807) is 0 Å². The molecule has 0 bridgehead atoms. The van der Waals surface area contributed by atoms with Crippen molar-refractivity contribution in [3.63, 3.8) is 0 Å². The highest BCUT2D eigenvalue weighted by Crippen LogP contribution is 2.36. The van der Waals surface area contributed by atoms with Gasteiger partial charge in [0.1, 0.15) is 6.61 Å². The lowest BCUT2D eigenvalue weighted by Crippen LogP contribution is -2.29. The fourth-order valence-corrected chi connectivity index (χ4v) is 6.84. The molecule has 0 aliphatic carbocycles. The molecular formula is C47H85O9P. The molecule has 0 saturated heterocycles. The molecule has 0 aromatic rings. The molecule has 9 nitrogen and oxygen atoms in total. The summed E-state index contributed by atoms with van der Waals surface area (Å²) in [4.78, 5) is 42.9. The number of allylic oxidation sites excluding steroid dienone is 7. The Morgan fingerprint density at radius 2 is 1.00 bits per heavy atom. The van der Waals surface area contributed by atoms with Crippen LogP contribution in [0, 0.1) is 0 Å². The Bertz CT molecular complexity index is 1080. The zero-order valence-electron chi connectivity index (χ0n) is 36.3. The third kappa shape index (κ3) is 44.9. The van der Waals surface area contributed by atoms with Gasteiger partial charge in [-0.1, -0.05) is 210 Å². The maximum Gasteiger partial charge on any atom is 0.469 e. The number of unbranched alkanes of at least 4 members (excludes halogenated alkanes) is 23. The molecule has 332 valence electrons. The number of aliphatic hydroxyl groups is 1. The molecule has 0 aromatic carbocycles. The highest BCUT2D eigenvalue weighted by Gasteiger charge is 2.22. The van der Waals surface area contributed by atoms with Gasteiger partial charge in [-0.3, -0.25) is 14.1 Å². The molecule has 57 heavy (non-hydrogen) atoms. The number of phosphoric ester groups is 1. The molecule has 0 rings (SSSR count). The van der Waals surface area contributed by atoms with Crippen molar-refractivity contribution in [2.75, 3.05) is 13.2 Å². The number of hydrogen-bond donors (Lipinski definition) is 3. The molecule has 0 aliphatic heterocycles. The number of carbonyl (C=O) groups excluding carboxylic acids is 2. The van der Waals surface area contributed by atoms with Gasteiger partial charge in [0.2, 0.25) is 0 Å². The molecule has 0 fully saturated rings. The second-order valence-corrected chi connectivity index (χ2v) is 16.8. The van der Waals surface area contributed by atoms with Crippen LogP contribution in [0.15, 0.2) is 48.6 Å². The van der Waals surface area contributed by atoms with Crippen molar-refractivity contribution >= 4 is 19.8 Å². The summed E-state index contributed by atoms with van der Waals surface area (Å²) in [6.07, 6.45) is 48.8. The molecule has 0 aliphatic rings. The molecule has 2 atom stereocenters. The number of rotatable bonds is 42. The van der Waals surface area contributed by atoms with E-state index in [4.69, 9.17) is 19.3 Å². The zero-order valence-corrected chi connectivity index (χ0v) is 37.2. The summed E-state index contributed by atoms with van der Waals surface area (Å²) >= 11 is 0. The number of aliphatic hydroxyl groups excluding tert-OH is 1. The molecule has 10 heteroatoms. The van der Waals surface area contributed by atoms with Gasteiger partial charge in [-0.15, -0.1) is 0 Å². The minimum Gasteiger partial charge on any atom is -0.462 e. The van der Waals surface area contributed by atoms with Crippen molar-refractivity contribution in [2.45, 2.75) is 225 Å². The summed E-state index contributed by atoms with van der Waals surface area (Å²) in [5.74, 6) is -0.970. The summed E-state index contributed by atoms with van der Waals surface area (Å²) in [7, 11) is -4.78. The standard InChI is InChI=1S/C47H85O9P/c1-3-5-7-8-9-10-11-12-13-14-15-16-17-18-19-20-23-27-30-33-37-41-47(50)56-45(43-55-57(51,52)53)42-54-46(49)40-36-32-29-26-24-21-22-25-28-31-35-39-44(48)38-34-6-4-2/h21-22,26,28-29,31,35,39,44-45,48H,3-20,23-25,27,30,32-34,36-38,40-43H2,1-2H3,(H2,51,52,53)/b22-21-,29-26-,31-28-,39-35+/t44-,45-/m1/s1. The van der Waals surface area contributed by atoms with Gasteiger partial charge >= 0.3 is 19.8 Å². The van der Waals surface area contributed by atoms with Crippen LogP contribution < -0.4 is 0 Å². The number of phosphoric acid groups is 1. The Kier molecular flexibility index (Phi) is 40.6. The summed E-state index contributed by atoms with van der Waals surface area (Å²) in [5, 5.41) is 9.88. The summed E-state index contributed by atoms with van der Waals surface area (Å²) in [5.41, 5.74) is 0. The van der Waals surface area contributed by atoms with E-state index in [9.17, 15) is 19.3 Å². The van der Waals surface area contributed by atoms with E-state index in [0.29, 0.717) is 19.3 Å². The van der Waals surface area contributed by atoms with Gasteiger partial charge in [0.05, 0.1) is 12.7 Å². The van der Waals surface area contributed by atoms with Gasteiger partial charge in [-0.25, -0.2) is 4.57 Å². The van der Waals surface area contributed by atoms with Crippen LogP contribution in [0.4, 0.5) is 0 Å². The van der Waals surface area contributed by atoms with Crippen molar-refractivity contribution in [3.8, 4) is 0 Å². The molecule has 0 saturated carbocycles. The lowest BCUT2D eigenvalue weighted by molar-refractivity contribution is -0.161. The van der Waals surface area contributed by atoms with Gasteiger partial charge in [-0.05, 0) is 38.5 Å². The first-order chi connectivity index (χ1) is 27.7. The normalized spacial score (nSPS) is 13.4. The molecular weight excluding hydrogens is 739 g/mol. The summed E-state index contributed by atoms with van der Waals surface area (Å²) in [6.45, 7) is 3.54. The molecule has 3 N–H and O–H groups in total. The Morgan fingerprint density at radius 3 is 1.53 bits per heavy atom. The van der Waals surface area contributed by atoms with E-state index in [0.717, 1.165) is 57.8 Å². The van der Waals surface area contributed by atoms with Crippen molar-refractivity contribution < 1.29 is 43.0 Å². The minimum absolute atomic E-state index is 0.172. The Morgan fingerprint density at radius 1 is 0.544 bits per heavy atom. The topological polar surface area (TPSA) is 140 Å². The first kappa shape index (κ1) is 55.0. The average molecular weight is 825 g/mol. The maximum atomic E-state index is 12.4. The summed E-state index contributed by atoms with van der Waals surface area (Å²) in [6, 6.07) is 0. The van der Waals surface area contributed by atoms with Crippen LogP contribution in [0.1, 0.15) is 213 Å². The van der Waals surface area contributed by atoms with Crippen LogP contribution in [-0.2, 0) is 28.2 Å². The van der Waals surface area contributed by atoms with Crippen LogP contribution in [0.5, 0.6) is 0 Å². The third-order valence-electron chi connectivity index (χ3n) is 9.95. The Labute approximate surface area is 348 Å². The summed E-state index contributed by atoms with van der Waals surface area (Å²) < 4.78 is 26.4. The molecule has 0 unspecified atom stereocenters. The minimum atomic E-state index is -4.78. The number of hydrogen-bond acceptors (Lipinski definition) is 7. The Hall–Kier alpha value is -2.03. The molecule has 0 spiro atoms. The van der Waals surface area contributed by atoms with Gasteiger partial charge in [0, 0.05) is 12.8 Å². The predicted molar refractivity (Wildman–Crippen MR) is 236 cm³/mol. The van der Waals surface area contributed by atoms with E-state index in [1.807, 2.05) is 36.5 Å². The second kappa shape index (κ2) is 42.1. The van der Waals surface area contributed by atoms with Crippen molar-refractivity contribution in [2.24, 2.45) is 0 Å². The molecule has 0 amide bonds. The number of esters is 2. The lowest BCUT2D eigenvalue weighted by Gasteiger charge is -2.18. The monoisotopic (exact) mass is 825 g/mol. The largest absolute Gasteiger partial charge is 0.469 e. The first-order valence-electron chi connectivity index (χ1n) is 23.0. The smallest absolute Gasteiger partial charge is 0.462 e. The SMILES string of the molecule is CCCCCCCCCCCCCCCCCCCCCCCC(=O)O[C@H](COC(=O)CCC/C=C\C/C=C\C/C=C\C=C\[C@H](O)CCCCC)COP(=O)(O)O. The first-order valence-corrected chi connectivity index (χ1v) is 24.6. The van der Waals surface area contributed by atoms with E-state index in [1.165, 1.54) is 109 Å². The molecule has 0 radical (unpaired) electrons. The van der Waals surface area contributed by atoms with E-state index in [2.05, 4.69) is 30.5 Å². The highest BCUT2D eigenvalue weighted by atomic mass is 31.2. The van der Waals surface area contributed by atoms with Crippen molar-refractivity contribution in [1.82, 2.24) is 0 Å². The lowest BCUT2D eigenvalue weighted by atomic mass is 10.0. The van der Waals surface area contributed by atoms with Crippen LogP contribution in [0.2, 0.25) is 0 Å². The van der Waals surface area contributed by atoms with Crippen molar-refractivity contribution in [3.05, 3.63) is 48.6 Å². The fraction of sp³-hybridized carbons (Fsp3) is 0.787. The quantitative estimate of drug-likeness (QED) is 0.0180. The number of carbonyl (C=O) groups is 2. The van der Waals surface area contributed by atoms with E-state index < -0.39 is 32.5 Å². The third-order valence-corrected chi connectivity index (χ3v) is 10.4. The second-order valence-electron chi connectivity index (χ2n) is 15.6. The van der Waals surface area contributed by atoms with Crippen LogP contribution in [0.25, 0.3) is 0 Å². The Balaban J connectivity index is 3.96. The van der Waals surface area contributed by atoms with E-state index >= 15 is 0 Å². The van der Waals surface area contributed by atoms with Gasteiger partial charge in [-0.2, -0.15) is 0 Å². The fourth-order valence-electron chi connectivity index (χ4n) is 6.48. The van der Waals surface area contributed by atoms with Crippen LogP contribution >= 0.6 is 7.82 Å². The van der Waals surface area contributed by atoms with Gasteiger partial charge in [0.15, 0.2) is 6.10 Å². The number of ether oxygens (including phenoxy) is 2. The predicted octanol–water partition coefficient (Wildman–Crippen LogP) is 13.3. The van der Waals surface area contributed by atoms with Crippen LogP contribution in [-0.4, -0.2) is 52.3 Å². The van der Waals surface area contributed by atoms with Crippen LogP contribution in [0.3, 0.4) is 0 Å². The average Bonchev–Trinajstić information content (AvgIpc) is 3.18. The van der Waals surface area contributed by atoms with Gasteiger partial charge < -0.3 is 24.4 Å². The van der Waals surface area contributed by atoms with E-state index in [-0.39, 0.29) is 25.6 Å².